The maximum atomic E-state index is 13.5. The van der Waals surface area contributed by atoms with Crippen LogP contribution in [-0.4, -0.2) is 6.61 Å². The van der Waals surface area contributed by atoms with Crippen molar-refractivity contribution in [1.29, 1.82) is 0 Å². The first kappa shape index (κ1) is 14.1. The molecule has 2 N–H and O–H groups in total. The zero-order valence-electron chi connectivity index (χ0n) is 12.4. The van der Waals surface area contributed by atoms with Gasteiger partial charge in [0.25, 0.3) is 0 Å². The average Bonchev–Trinajstić information content (AvgIpc) is 2.45. The number of hydrogen-bond donors (Lipinski definition) is 1. The third kappa shape index (κ3) is 2.54. The number of fused-ring (bicyclic) bond motifs is 1. The Balaban J connectivity index is 2.03. The lowest BCUT2D eigenvalue weighted by Gasteiger charge is -2.32. The second-order valence-corrected chi connectivity index (χ2v) is 5.76. The molecule has 0 bridgehead atoms. The quantitative estimate of drug-likeness (QED) is 0.905. The van der Waals surface area contributed by atoms with Crippen LogP contribution in [0.1, 0.15) is 40.6 Å². The summed E-state index contributed by atoms with van der Waals surface area (Å²) in [6.45, 7) is 4.53. The molecule has 0 fully saturated rings. The molecule has 3 rings (SSSR count). The molecule has 2 atom stereocenters. The highest BCUT2D eigenvalue weighted by Crippen LogP contribution is 2.41. The van der Waals surface area contributed by atoms with Gasteiger partial charge in [-0.1, -0.05) is 18.2 Å². The molecule has 1 heterocycles. The maximum absolute atomic E-state index is 13.5. The highest BCUT2D eigenvalue weighted by Gasteiger charge is 2.29. The molecule has 1 aliphatic rings. The molecule has 2 aromatic rings. The van der Waals surface area contributed by atoms with Gasteiger partial charge in [-0.3, -0.25) is 0 Å². The van der Waals surface area contributed by atoms with Gasteiger partial charge < -0.3 is 10.5 Å². The molecule has 0 radical (unpaired) electrons. The van der Waals surface area contributed by atoms with Gasteiger partial charge >= 0.3 is 0 Å². The van der Waals surface area contributed by atoms with Crippen molar-refractivity contribution in [2.45, 2.75) is 32.2 Å². The summed E-state index contributed by atoms with van der Waals surface area (Å²) in [6.07, 6.45) is 0.883. The van der Waals surface area contributed by atoms with Crippen LogP contribution in [0.15, 0.2) is 36.4 Å². The molecule has 110 valence electrons. The zero-order chi connectivity index (χ0) is 15.0. The lowest BCUT2D eigenvalue weighted by Crippen LogP contribution is -2.26. The first-order valence-corrected chi connectivity index (χ1v) is 7.32. The summed E-state index contributed by atoms with van der Waals surface area (Å²) >= 11 is 0. The topological polar surface area (TPSA) is 35.2 Å². The van der Waals surface area contributed by atoms with E-state index in [4.69, 9.17) is 10.5 Å². The van der Waals surface area contributed by atoms with Crippen molar-refractivity contribution in [3.8, 4) is 5.75 Å². The van der Waals surface area contributed by atoms with Gasteiger partial charge in [-0.05, 0) is 60.7 Å². The van der Waals surface area contributed by atoms with E-state index < -0.39 is 0 Å². The number of hydrogen-bond acceptors (Lipinski definition) is 2. The van der Waals surface area contributed by atoms with Crippen molar-refractivity contribution in [3.05, 3.63) is 64.5 Å². The van der Waals surface area contributed by atoms with Gasteiger partial charge in [-0.15, -0.1) is 0 Å². The Bertz CT molecular complexity index is 645. The lowest BCUT2D eigenvalue weighted by atomic mass is 9.81. The fourth-order valence-electron chi connectivity index (χ4n) is 3.39. The van der Waals surface area contributed by atoms with Crippen molar-refractivity contribution in [1.82, 2.24) is 0 Å². The normalized spacial score (nSPS) is 18.8. The predicted molar refractivity (Wildman–Crippen MR) is 82.1 cm³/mol. The predicted octanol–water partition coefficient (Wildman–Crippen LogP) is 4.01. The Labute approximate surface area is 124 Å². The summed E-state index contributed by atoms with van der Waals surface area (Å²) in [7, 11) is 0. The minimum atomic E-state index is -0.201. The smallest absolute Gasteiger partial charge is 0.123 e. The van der Waals surface area contributed by atoms with E-state index in [1.807, 2.05) is 32.0 Å². The van der Waals surface area contributed by atoms with Crippen LogP contribution in [0.4, 0.5) is 4.39 Å². The number of aryl methyl sites for hydroxylation is 2. The van der Waals surface area contributed by atoms with E-state index in [9.17, 15) is 4.39 Å². The number of benzene rings is 2. The Morgan fingerprint density at radius 1 is 1.19 bits per heavy atom. The van der Waals surface area contributed by atoms with Crippen molar-refractivity contribution < 1.29 is 9.13 Å². The molecule has 0 aromatic heterocycles. The van der Waals surface area contributed by atoms with E-state index in [2.05, 4.69) is 6.07 Å². The third-order valence-corrected chi connectivity index (χ3v) is 4.33. The van der Waals surface area contributed by atoms with Crippen LogP contribution in [0.25, 0.3) is 0 Å². The first-order chi connectivity index (χ1) is 10.1. The first-order valence-electron chi connectivity index (χ1n) is 7.32. The van der Waals surface area contributed by atoms with Gasteiger partial charge in [0.2, 0.25) is 0 Å². The summed E-state index contributed by atoms with van der Waals surface area (Å²) in [4.78, 5) is 0. The van der Waals surface area contributed by atoms with Crippen LogP contribution in [0, 0.1) is 19.7 Å². The summed E-state index contributed by atoms with van der Waals surface area (Å²) in [6, 6.07) is 11.0. The summed E-state index contributed by atoms with van der Waals surface area (Å²) in [5.74, 6) is 0.924. The molecule has 21 heavy (non-hydrogen) atoms. The summed E-state index contributed by atoms with van der Waals surface area (Å²) in [5.41, 5.74) is 10.6. The summed E-state index contributed by atoms with van der Waals surface area (Å²) in [5, 5.41) is 0. The third-order valence-electron chi connectivity index (χ3n) is 4.33. The highest BCUT2D eigenvalue weighted by atomic mass is 19.1. The van der Waals surface area contributed by atoms with Gasteiger partial charge in [0, 0.05) is 12.0 Å². The van der Waals surface area contributed by atoms with E-state index in [1.165, 1.54) is 0 Å². The zero-order valence-corrected chi connectivity index (χ0v) is 12.4. The average molecular weight is 285 g/mol. The van der Waals surface area contributed by atoms with Crippen molar-refractivity contribution >= 4 is 0 Å². The monoisotopic (exact) mass is 285 g/mol. The fourth-order valence-corrected chi connectivity index (χ4v) is 3.39. The Kier molecular flexibility index (Phi) is 3.68. The molecular weight excluding hydrogens is 265 g/mol. The standard InChI is InChI=1S/C18H20FNO/c1-11-9-13(19)10-12(2)17(11)18(20)15-7-8-21-16-6-4-3-5-14(15)16/h3-6,9-10,15,18H,7-8,20H2,1-2H3. The Hall–Kier alpha value is -1.87. The van der Waals surface area contributed by atoms with Crippen molar-refractivity contribution in [3.63, 3.8) is 0 Å². The Morgan fingerprint density at radius 3 is 2.57 bits per heavy atom. The molecule has 0 saturated carbocycles. The van der Waals surface area contributed by atoms with Crippen molar-refractivity contribution in [2.24, 2.45) is 5.73 Å². The minimum Gasteiger partial charge on any atom is -0.493 e. The van der Waals surface area contributed by atoms with Crippen LogP contribution >= 0.6 is 0 Å². The molecule has 0 amide bonds. The van der Waals surface area contributed by atoms with Gasteiger partial charge in [0.15, 0.2) is 0 Å². The number of rotatable bonds is 2. The van der Waals surface area contributed by atoms with Crippen LogP contribution in [0.5, 0.6) is 5.75 Å². The van der Waals surface area contributed by atoms with Crippen LogP contribution in [0.2, 0.25) is 0 Å². The summed E-state index contributed by atoms with van der Waals surface area (Å²) < 4.78 is 19.2. The van der Waals surface area contributed by atoms with E-state index >= 15 is 0 Å². The number of halogens is 1. The van der Waals surface area contributed by atoms with E-state index in [0.717, 1.165) is 34.4 Å². The maximum Gasteiger partial charge on any atom is 0.123 e. The molecule has 1 aliphatic heterocycles. The molecule has 0 saturated heterocycles. The Morgan fingerprint density at radius 2 is 1.86 bits per heavy atom. The molecule has 2 unspecified atom stereocenters. The van der Waals surface area contributed by atoms with Gasteiger partial charge in [-0.2, -0.15) is 0 Å². The number of nitrogens with two attached hydrogens (primary N) is 1. The molecule has 2 nitrogen and oxygen atoms in total. The highest BCUT2D eigenvalue weighted by molar-refractivity contribution is 5.43. The van der Waals surface area contributed by atoms with Gasteiger partial charge in [0.05, 0.1) is 6.61 Å². The van der Waals surface area contributed by atoms with E-state index in [1.54, 1.807) is 12.1 Å². The van der Waals surface area contributed by atoms with E-state index in [0.29, 0.717) is 6.61 Å². The molecule has 0 aliphatic carbocycles. The minimum absolute atomic E-state index is 0.143. The second kappa shape index (κ2) is 5.49. The SMILES string of the molecule is Cc1cc(F)cc(C)c1C(N)C1CCOc2ccccc21. The number of para-hydroxylation sites is 1. The largest absolute Gasteiger partial charge is 0.493 e. The van der Waals surface area contributed by atoms with Gasteiger partial charge in [0.1, 0.15) is 11.6 Å². The lowest BCUT2D eigenvalue weighted by molar-refractivity contribution is 0.255. The second-order valence-electron chi connectivity index (χ2n) is 5.76. The van der Waals surface area contributed by atoms with Gasteiger partial charge in [-0.25, -0.2) is 4.39 Å². The molecular formula is C18H20FNO. The van der Waals surface area contributed by atoms with Crippen LogP contribution < -0.4 is 10.5 Å². The van der Waals surface area contributed by atoms with E-state index in [-0.39, 0.29) is 17.8 Å². The molecule has 0 spiro atoms. The molecule has 2 aromatic carbocycles. The van der Waals surface area contributed by atoms with Crippen LogP contribution in [-0.2, 0) is 0 Å². The van der Waals surface area contributed by atoms with Crippen LogP contribution in [0.3, 0.4) is 0 Å². The number of ether oxygens (including phenoxy) is 1. The fraction of sp³-hybridized carbons (Fsp3) is 0.333. The van der Waals surface area contributed by atoms with Crippen molar-refractivity contribution in [2.75, 3.05) is 6.61 Å². The molecule has 3 heteroatoms.